The summed E-state index contributed by atoms with van der Waals surface area (Å²) in [6.45, 7) is 4.17. The molecule has 1 atom stereocenters. The fourth-order valence-corrected chi connectivity index (χ4v) is 3.97. The lowest BCUT2D eigenvalue weighted by molar-refractivity contribution is 0.475. The molecule has 1 aromatic heterocycles. The number of nitrogens with one attached hydrogen (secondary N) is 1. The van der Waals surface area contributed by atoms with Crippen molar-refractivity contribution in [1.29, 1.82) is 0 Å². The summed E-state index contributed by atoms with van der Waals surface area (Å²) in [5.74, 6) is 0.848. The highest BCUT2D eigenvalue weighted by Crippen LogP contribution is 2.38. The Kier molecular flexibility index (Phi) is 4.03. The Balaban J connectivity index is 1.91. The Morgan fingerprint density at radius 1 is 1.45 bits per heavy atom. The Bertz CT molecular complexity index is 594. The van der Waals surface area contributed by atoms with E-state index in [-0.39, 0.29) is 0 Å². The van der Waals surface area contributed by atoms with Crippen molar-refractivity contribution >= 4 is 11.3 Å². The Morgan fingerprint density at radius 3 is 3.15 bits per heavy atom. The normalized spacial score (nSPS) is 17.9. The number of phenols is 1. The second-order valence-corrected chi connectivity index (χ2v) is 6.36. The zero-order valence-electron chi connectivity index (χ0n) is 11.7. The largest absolute Gasteiger partial charge is 0.508 e. The summed E-state index contributed by atoms with van der Waals surface area (Å²) in [5.41, 5.74) is 2.30. The van der Waals surface area contributed by atoms with Gasteiger partial charge in [0.1, 0.15) is 10.8 Å². The molecule has 20 heavy (non-hydrogen) atoms. The number of likely N-dealkylation sites (N-methyl/N-ethyl adjacent to an activating group) is 1. The van der Waals surface area contributed by atoms with Crippen LogP contribution in [0.15, 0.2) is 24.3 Å². The zero-order valence-corrected chi connectivity index (χ0v) is 12.5. The van der Waals surface area contributed by atoms with Gasteiger partial charge >= 0.3 is 0 Å². The highest BCUT2D eigenvalue weighted by Gasteiger charge is 2.24. The van der Waals surface area contributed by atoms with Crippen molar-refractivity contribution in [3.63, 3.8) is 0 Å². The number of thiazole rings is 1. The highest BCUT2D eigenvalue weighted by molar-refractivity contribution is 7.15. The van der Waals surface area contributed by atoms with E-state index in [4.69, 9.17) is 4.98 Å². The van der Waals surface area contributed by atoms with Crippen LogP contribution in [-0.2, 0) is 6.42 Å². The van der Waals surface area contributed by atoms with Crippen molar-refractivity contribution in [3.8, 4) is 16.3 Å². The van der Waals surface area contributed by atoms with Crippen LogP contribution in [-0.4, -0.2) is 23.2 Å². The van der Waals surface area contributed by atoms with E-state index in [1.807, 2.05) is 12.1 Å². The number of aromatic nitrogens is 1. The molecule has 0 amide bonds. The molecular formula is C16H20N2OS. The standard InChI is InChI=1S/C16H20N2OS/c1-2-17-10-12-6-4-8-14-15(12)18-16(20-14)11-5-3-7-13(19)9-11/h3,5,7,9,12,17,19H,2,4,6,8,10H2,1H3. The van der Waals surface area contributed by atoms with Gasteiger partial charge in [-0.25, -0.2) is 4.98 Å². The van der Waals surface area contributed by atoms with Gasteiger partial charge in [-0.05, 0) is 37.9 Å². The van der Waals surface area contributed by atoms with Gasteiger partial charge in [-0.1, -0.05) is 19.1 Å². The summed E-state index contributed by atoms with van der Waals surface area (Å²) >= 11 is 1.78. The summed E-state index contributed by atoms with van der Waals surface area (Å²) in [4.78, 5) is 6.29. The topological polar surface area (TPSA) is 45.1 Å². The third kappa shape index (κ3) is 2.72. The molecule has 1 aromatic carbocycles. The molecule has 0 radical (unpaired) electrons. The van der Waals surface area contributed by atoms with Crippen molar-refractivity contribution in [3.05, 3.63) is 34.8 Å². The second kappa shape index (κ2) is 5.94. The van der Waals surface area contributed by atoms with Crippen LogP contribution in [0.4, 0.5) is 0 Å². The van der Waals surface area contributed by atoms with E-state index in [9.17, 15) is 5.11 Å². The number of benzene rings is 1. The van der Waals surface area contributed by atoms with Gasteiger partial charge in [-0.2, -0.15) is 0 Å². The average Bonchev–Trinajstić information content (AvgIpc) is 2.89. The van der Waals surface area contributed by atoms with E-state index >= 15 is 0 Å². The molecule has 0 fully saturated rings. The molecule has 106 valence electrons. The molecule has 4 heteroatoms. The van der Waals surface area contributed by atoms with E-state index in [1.54, 1.807) is 23.5 Å². The van der Waals surface area contributed by atoms with Crippen molar-refractivity contribution < 1.29 is 5.11 Å². The number of rotatable bonds is 4. The third-order valence-corrected chi connectivity index (χ3v) is 4.98. The summed E-state index contributed by atoms with van der Waals surface area (Å²) < 4.78 is 0. The van der Waals surface area contributed by atoms with E-state index in [0.29, 0.717) is 11.7 Å². The molecule has 1 aliphatic carbocycles. The first kappa shape index (κ1) is 13.6. The Labute approximate surface area is 123 Å². The second-order valence-electron chi connectivity index (χ2n) is 5.27. The minimum Gasteiger partial charge on any atom is -0.508 e. The number of phenolic OH excluding ortho intramolecular Hbond substituents is 1. The Morgan fingerprint density at radius 2 is 2.35 bits per heavy atom. The van der Waals surface area contributed by atoms with Crippen molar-refractivity contribution in [2.45, 2.75) is 32.1 Å². The predicted octanol–water partition coefficient (Wildman–Crippen LogP) is 3.55. The summed E-state index contributed by atoms with van der Waals surface area (Å²) in [6, 6.07) is 7.39. The first-order valence-corrected chi connectivity index (χ1v) is 8.09. The minimum atomic E-state index is 0.305. The number of nitrogens with zero attached hydrogens (tertiary/aromatic N) is 1. The van der Waals surface area contributed by atoms with Crippen LogP contribution in [0.2, 0.25) is 0 Å². The molecule has 0 saturated heterocycles. The first-order valence-electron chi connectivity index (χ1n) is 7.27. The molecule has 0 spiro atoms. The van der Waals surface area contributed by atoms with Crippen LogP contribution in [0.5, 0.6) is 5.75 Å². The highest BCUT2D eigenvalue weighted by atomic mass is 32.1. The molecule has 1 aliphatic rings. The van der Waals surface area contributed by atoms with Crippen LogP contribution in [0.3, 0.4) is 0 Å². The Hall–Kier alpha value is -1.39. The third-order valence-electron chi connectivity index (χ3n) is 3.80. The SMILES string of the molecule is CCNCC1CCCc2sc(-c3cccc(O)c3)nc21. The van der Waals surface area contributed by atoms with E-state index in [1.165, 1.54) is 23.4 Å². The van der Waals surface area contributed by atoms with Gasteiger partial charge in [0.2, 0.25) is 0 Å². The average molecular weight is 288 g/mol. The molecule has 1 unspecified atom stereocenters. The maximum absolute atomic E-state index is 9.61. The molecule has 0 bridgehead atoms. The van der Waals surface area contributed by atoms with Gasteiger partial charge in [0.25, 0.3) is 0 Å². The first-order chi connectivity index (χ1) is 9.78. The maximum atomic E-state index is 9.61. The molecule has 3 rings (SSSR count). The molecule has 1 heterocycles. The summed E-state index contributed by atoms with van der Waals surface area (Å²) in [7, 11) is 0. The fraction of sp³-hybridized carbons (Fsp3) is 0.438. The zero-order chi connectivity index (χ0) is 13.9. The molecule has 0 saturated carbocycles. The number of hydrogen-bond donors (Lipinski definition) is 2. The maximum Gasteiger partial charge on any atom is 0.124 e. The molecule has 2 aromatic rings. The van der Waals surface area contributed by atoms with Crippen LogP contribution in [0.25, 0.3) is 10.6 Å². The van der Waals surface area contributed by atoms with Crippen LogP contribution >= 0.6 is 11.3 Å². The van der Waals surface area contributed by atoms with Crippen molar-refractivity contribution in [1.82, 2.24) is 10.3 Å². The van der Waals surface area contributed by atoms with Gasteiger partial charge < -0.3 is 10.4 Å². The monoisotopic (exact) mass is 288 g/mol. The predicted molar refractivity (Wildman–Crippen MR) is 83.4 cm³/mol. The lowest BCUT2D eigenvalue weighted by Crippen LogP contribution is -2.23. The molecular weight excluding hydrogens is 268 g/mol. The number of fused-ring (bicyclic) bond motifs is 1. The quantitative estimate of drug-likeness (QED) is 0.904. The van der Waals surface area contributed by atoms with Crippen LogP contribution in [0.1, 0.15) is 36.3 Å². The van der Waals surface area contributed by atoms with E-state index < -0.39 is 0 Å². The van der Waals surface area contributed by atoms with Gasteiger partial charge in [0, 0.05) is 22.9 Å². The minimum absolute atomic E-state index is 0.305. The molecule has 0 aliphatic heterocycles. The number of aromatic hydroxyl groups is 1. The number of hydrogen-bond acceptors (Lipinski definition) is 4. The fourth-order valence-electron chi connectivity index (χ4n) is 2.79. The van der Waals surface area contributed by atoms with Gasteiger partial charge in [0.15, 0.2) is 0 Å². The van der Waals surface area contributed by atoms with Crippen LogP contribution in [0, 0.1) is 0 Å². The number of aryl methyl sites for hydroxylation is 1. The summed E-state index contributed by atoms with van der Waals surface area (Å²) in [6.07, 6.45) is 3.63. The summed E-state index contributed by atoms with van der Waals surface area (Å²) in [5, 5.41) is 14.1. The van der Waals surface area contributed by atoms with Crippen molar-refractivity contribution in [2.75, 3.05) is 13.1 Å². The molecule has 3 nitrogen and oxygen atoms in total. The lowest BCUT2D eigenvalue weighted by Gasteiger charge is -2.21. The van der Waals surface area contributed by atoms with Gasteiger partial charge in [-0.3, -0.25) is 0 Å². The molecule has 2 N–H and O–H groups in total. The van der Waals surface area contributed by atoms with E-state index in [0.717, 1.165) is 30.1 Å². The lowest BCUT2D eigenvalue weighted by atomic mass is 9.91. The smallest absolute Gasteiger partial charge is 0.124 e. The van der Waals surface area contributed by atoms with E-state index in [2.05, 4.69) is 12.2 Å². The van der Waals surface area contributed by atoms with Crippen LogP contribution < -0.4 is 5.32 Å². The van der Waals surface area contributed by atoms with Gasteiger partial charge in [-0.15, -0.1) is 11.3 Å². The van der Waals surface area contributed by atoms with Gasteiger partial charge in [0.05, 0.1) is 5.69 Å². The van der Waals surface area contributed by atoms with Crippen molar-refractivity contribution in [2.24, 2.45) is 0 Å².